The van der Waals surface area contributed by atoms with Crippen LogP contribution in [0.3, 0.4) is 0 Å². The van der Waals surface area contributed by atoms with Crippen molar-refractivity contribution in [1.82, 2.24) is 14.9 Å². The number of aliphatic hydroxyl groups is 1. The first-order valence-corrected chi connectivity index (χ1v) is 11.9. The van der Waals surface area contributed by atoms with Crippen LogP contribution in [0.2, 0.25) is 0 Å². The second kappa shape index (κ2) is 7.54. The van der Waals surface area contributed by atoms with Gasteiger partial charge in [0.05, 0.1) is 17.3 Å². The summed E-state index contributed by atoms with van der Waals surface area (Å²) >= 11 is 1.70. The summed E-state index contributed by atoms with van der Waals surface area (Å²) in [5.74, 6) is 0. The second-order valence-corrected chi connectivity index (χ2v) is 10.3. The van der Waals surface area contributed by atoms with Crippen molar-refractivity contribution >= 4 is 21.6 Å². The third-order valence-electron chi connectivity index (χ3n) is 7.22. The van der Waals surface area contributed by atoms with Gasteiger partial charge in [0.1, 0.15) is 4.83 Å². The lowest BCUT2D eigenvalue weighted by atomic mass is 9.84. The predicted octanol–water partition coefficient (Wildman–Crippen LogP) is 3.72. The van der Waals surface area contributed by atoms with Crippen molar-refractivity contribution < 1.29 is 5.11 Å². The fourth-order valence-corrected chi connectivity index (χ4v) is 6.77. The van der Waals surface area contributed by atoms with Crippen molar-refractivity contribution in [1.29, 1.82) is 0 Å². The van der Waals surface area contributed by atoms with E-state index in [0.29, 0.717) is 18.6 Å². The minimum absolute atomic E-state index is 0.178. The summed E-state index contributed by atoms with van der Waals surface area (Å²) in [6.45, 7) is 0.699. The number of rotatable bonds is 4. The van der Waals surface area contributed by atoms with Crippen molar-refractivity contribution in [2.75, 3.05) is 6.54 Å². The Hall–Kier alpha value is -1.24. The topological polar surface area (TPSA) is 67.2 Å². The quantitative estimate of drug-likeness (QED) is 0.819. The Balaban J connectivity index is 1.35. The van der Waals surface area contributed by atoms with Crippen LogP contribution < -0.4 is 10.9 Å². The molecular weight excluding hydrogens is 370 g/mol. The number of fused-ring (bicyclic) bond motifs is 3. The molecule has 6 heteroatoms. The van der Waals surface area contributed by atoms with Gasteiger partial charge >= 0.3 is 0 Å². The molecule has 3 aliphatic rings. The van der Waals surface area contributed by atoms with E-state index in [4.69, 9.17) is 0 Å². The molecule has 0 saturated heterocycles. The molecule has 2 N–H and O–H groups in total. The third-order valence-corrected chi connectivity index (χ3v) is 8.38. The zero-order valence-corrected chi connectivity index (χ0v) is 17.4. The summed E-state index contributed by atoms with van der Waals surface area (Å²) in [7, 11) is 0. The average molecular weight is 402 g/mol. The van der Waals surface area contributed by atoms with Crippen molar-refractivity contribution in [2.45, 2.75) is 94.7 Å². The Morgan fingerprint density at radius 2 is 1.96 bits per heavy atom. The van der Waals surface area contributed by atoms with Gasteiger partial charge in [-0.1, -0.05) is 32.1 Å². The Kier molecular flexibility index (Phi) is 5.06. The second-order valence-electron chi connectivity index (χ2n) is 9.18. The molecule has 2 fully saturated rings. The summed E-state index contributed by atoms with van der Waals surface area (Å²) in [6.07, 6.45) is 14.7. The molecule has 2 aromatic rings. The standard InChI is InChI=1S/C22H31N3O2S/c26-21-19-17-9-8-15(23-13-22(27)10-4-1-5-11-22)12-18(17)28-20(19)24-14-25(21)16-6-2-3-7-16/h14-16,23,27H,1-13H2. The number of hydrogen-bond acceptors (Lipinski definition) is 5. The van der Waals surface area contributed by atoms with Gasteiger partial charge in [-0.25, -0.2) is 4.98 Å². The highest BCUT2D eigenvalue weighted by Crippen LogP contribution is 2.35. The van der Waals surface area contributed by atoms with Gasteiger partial charge in [0.15, 0.2) is 0 Å². The first-order valence-electron chi connectivity index (χ1n) is 11.1. The van der Waals surface area contributed by atoms with Gasteiger partial charge in [0, 0.05) is 23.5 Å². The smallest absolute Gasteiger partial charge is 0.262 e. The van der Waals surface area contributed by atoms with Crippen LogP contribution in [0, 0.1) is 0 Å². The molecule has 0 radical (unpaired) electrons. The molecule has 0 aliphatic heterocycles. The van der Waals surface area contributed by atoms with Gasteiger partial charge in [0.2, 0.25) is 0 Å². The van der Waals surface area contributed by atoms with Crippen LogP contribution in [0.25, 0.3) is 10.2 Å². The Morgan fingerprint density at radius 1 is 1.18 bits per heavy atom. The number of nitrogens with one attached hydrogen (secondary N) is 1. The highest BCUT2D eigenvalue weighted by molar-refractivity contribution is 7.18. The van der Waals surface area contributed by atoms with E-state index in [-0.39, 0.29) is 5.56 Å². The Labute approximate surface area is 170 Å². The van der Waals surface area contributed by atoms with E-state index in [1.54, 1.807) is 17.7 Å². The minimum atomic E-state index is -0.519. The minimum Gasteiger partial charge on any atom is -0.389 e. The van der Waals surface area contributed by atoms with Crippen molar-refractivity contribution in [2.24, 2.45) is 0 Å². The van der Waals surface area contributed by atoms with Crippen LogP contribution in [0.5, 0.6) is 0 Å². The number of thiophene rings is 1. The lowest BCUT2D eigenvalue weighted by Crippen LogP contribution is -2.47. The van der Waals surface area contributed by atoms with Crippen molar-refractivity contribution in [3.05, 3.63) is 27.1 Å². The van der Waals surface area contributed by atoms with Gasteiger partial charge < -0.3 is 10.4 Å². The van der Waals surface area contributed by atoms with Crippen LogP contribution in [-0.2, 0) is 12.8 Å². The summed E-state index contributed by atoms with van der Waals surface area (Å²) in [5.41, 5.74) is 0.909. The lowest BCUT2D eigenvalue weighted by molar-refractivity contribution is 0.00234. The first kappa shape index (κ1) is 18.8. The normalized spacial score (nSPS) is 25.2. The number of aromatic nitrogens is 2. The maximum absolute atomic E-state index is 13.2. The van der Waals surface area contributed by atoms with Gasteiger partial charge in [-0.05, 0) is 50.5 Å². The number of nitrogens with zero attached hydrogens (tertiary/aromatic N) is 2. The number of hydrogen-bond donors (Lipinski definition) is 2. The largest absolute Gasteiger partial charge is 0.389 e. The Bertz CT molecular complexity index is 906. The molecule has 3 aliphatic carbocycles. The molecule has 2 saturated carbocycles. The van der Waals surface area contributed by atoms with Gasteiger partial charge in [-0.15, -0.1) is 11.3 Å². The van der Waals surface area contributed by atoms with E-state index >= 15 is 0 Å². The van der Waals surface area contributed by atoms with Crippen molar-refractivity contribution in [3.63, 3.8) is 0 Å². The number of aryl methyl sites for hydroxylation is 1. The molecule has 2 aromatic heterocycles. The molecule has 28 heavy (non-hydrogen) atoms. The molecule has 0 amide bonds. The molecule has 2 heterocycles. The van der Waals surface area contributed by atoms with Crippen molar-refractivity contribution in [3.8, 4) is 0 Å². The highest BCUT2D eigenvalue weighted by Gasteiger charge is 2.31. The molecule has 1 unspecified atom stereocenters. The maximum atomic E-state index is 13.2. The molecular formula is C22H31N3O2S. The van der Waals surface area contributed by atoms with Crippen LogP contribution in [0.15, 0.2) is 11.1 Å². The average Bonchev–Trinajstić information content (AvgIpc) is 3.35. The molecule has 0 aromatic carbocycles. The zero-order chi connectivity index (χ0) is 19.1. The van der Waals surface area contributed by atoms with E-state index < -0.39 is 5.60 Å². The van der Waals surface area contributed by atoms with E-state index in [1.807, 2.05) is 4.57 Å². The summed E-state index contributed by atoms with van der Waals surface area (Å²) in [4.78, 5) is 20.1. The Morgan fingerprint density at radius 3 is 2.75 bits per heavy atom. The molecule has 0 spiro atoms. The fraction of sp³-hybridized carbons (Fsp3) is 0.727. The van der Waals surface area contributed by atoms with Crippen LogP contribution in [0.1, 0.15) is 80.7 Å². The van der Waals surface area contributed by atoms with Gasteiger partial charge in [0.25, 0.3) is 5.56 Å². The lowest BCUT2D eigenvalue weighted by Gasteiger charge is -2.34. The van der Waals surface area contributed by atoms with E-state index in [0.717, 1.165) is 68.0 Å². The molecule has 0 bridgehead atoms. The summed E-state index contributed by atoms with van der Waals surface area (Å²) in [5, 5.41) is 15.3. The fourth-order valence-electron chi connectivity index (χ4n) is 5.52. The predicted molar refractivity (Wildman–Crippen MR) is 113 cm³/mol. The van der Waals surface area contributed by atoms with E-state index in [9.17, 15) is 9.90 Å². The van der Waals surface area contributed by atoms with E-state index in [2.05, 4.69) is 10.3 Å². The highest BCUT2D eigenvalue weighted by atomic mass is 32.1. The zero-order valence-electron chi connectivity index (χ0n) is 16.6. The SMILES string of the molecule is O=c1c2c3c(sc2ncn1C1CCCC1)CC(NCC1(O)CCCCC1)CC3. The molecule has 5 nitrogen and oxygen atoms in total. The maximum Gasteiger partial charge on any atom is 0.262 e. The van der Waals surface area contributed by atoms with Gasteiger partial charge in [-0.3, -0.25) is 9.36 Å². The monoisotopic (exact) mass is 401 g/mol. The molecule has 1 atom stereocenters. The molecule has 5 rings (SSSR count). The molecule has 152 valence electrons. The van der Waals surface area contributed by atoms with Crippen LogP contribution in [-0.4, -0.2) is 32.8 Å². The van der Waals surface area contributed by atoms with Gasteiger partial charge in [-0.2, -0.15) is 0 Å². The van der Waals surface area contributed by atoms with Crippen LogP contribution in [0.4, 0.5) is 0 Å². The summed E-state index contributed by atoms with van der Waals surface area (Å²) < 4.78 is 1.91. The third kappa shape index (κ3) is 3.44. The summed E-state index contributed by atoms with van der Waals surface area (Å²) in [6, 6.07) is 0.734. The first-order chi connectivity index (χ1) is 13.6. The van der Waals surface area contributed by atoms with Crippen LogP contribution >= 0.6 is 11.3 Å². The van der Waals surface area contributed by atoms with E-state index in [1.165, 1.54) is 29.7 Å².